The Morgan fingerprint density at radius 3 is 2.70 bits per heavy atom. The summed E-state index contributed by atoms with van der Waals surface area (Å²) in [5.74, 6) is 0.396. The fourth-order valence-electron chi connectivity index (χ4n) is 5.73. The van der Waals surface area contributed by atoms with Gasteiger partial charge in [-0.2, -0.15) is 10.1 Å². The number of carbonyl (C=O) groups is 1. The molecule has 1 heterocycles. The summed E-state index contributed by atoms with van der Waals surface area (Å²) in [6.07, 6.45) is 2.64. The average Bonchev–Trinajstić information content (AvgIpc) is 3.18. The summed E-state index contributed by atoms with van der Waals surface area (Å²) < 4.78 is 5.75. The third kappa shape index (κ3) is 2.47. The number of benzene rings is 1. The molecule has 0 unspecified atom stereocenters. The second kappa shape index (κ2) is 6.33. The summed E-state index contributed by atoms with van der Waals surface area (Å²) in [7, 11) is 0. The number of aliphatic hydroxyl groups excluding tert-OH is 1. The van der Waals surface area contributed by atoms with Crippen LogP contribution in [0.5, 0.6) is 0 Å². The van der Waals surface area contributed by atoms with Crippen molar-refractivity contribution in [2.45, 2.75) is 71.1 Å². The van der Waals surface area contributed by atoms with E-state index in [-0.39, 0.29) is 29.1 Å². The van der Waals surface area contributed by atoms with Crippen molar-refractivity contribution in [2.75, 3.05) is 0 Å². The van der Waals surface area contributed by atoms with Gasteiger partial charge in [0.05, 0.1) is 6.10 Å². The second-order valence-corrected chi connectivity index (χ2v) is 8.89. The zero-order chi connectivity index (χ0) is 19.4. The zero-order valence-electron chi connectivity index (χ0n) is 16.7. The van der Waals surface area contributed by atoms with E-state index >= 15 is 0 Å². The average molecular weight is 370 g/mol. The van der Waals surface area contributed by atoms with Gasteiger partial charge in [0.2, 0.25) is 0 Å². The first-order valence-corrected chi connectivity index (χ1v) is 10.1. The number of aliphatic hydroxyl groups is 1. The van der Waals surface area contributed by atoms with Gasteiger partial charge in [-0.25, -0.2) is 4.79 Å². The van der Waals surface area contributed by atoms with Crippen LogP contribution in [0.4, 0.5) is 4.79 Å². The number of ether oxygens (including phenoxy) is 1. The molecule has 1 amide bonds. The summed E-state index contributed by atoms with van der Waals surface area (Å²) >= 11 is 0. The lowest BCUT2D eigenvalue weighted by Gasteiger charge is -2.40. The molecule has 1 aromatic carbocycles. The molecule has 1 aliphatic heterocycles. The maximum absolute atomic E-state index is 12.7. The molecule has 0 radical (unpaired) electrons. The van der Waals surface area contributed by atoms with Crippen molar-refractivity contribution in [1.82, 2.24) is 5.01 Å². The highest BCUT2D eigenvalue weighted by molar-refractivity contribution is 5.88. The Balaban J connectivity index is 1.67. The molecule has 4 rings (SSSR count). The third-order valence-electron chi connectivity index (χ3n) is 7.57. The number of carbonyl (C=O) groups excluding carboxylic acids is 1. The van der Waals surface area contributed by atoms with Crippen LogP contribution >= 0.6 is 0 Å². The standard InChI is InChI=1S/C22H30N2O3/c1-5-17(14(2)19(25)15-9-7-6-8-10-15)23-24-20(26)27-18-13-16-11-12-22(18,24)21(16,3)4/h6-10,14,16,18-19,25H,5,11-13H2,1-4H3/b23-17-/t14-,16+,18+,19-,22+/m0/s1. The molecule has 5 nitrogen and oxygen atoms in total. The predicted octanol–water partition coefficient (Wildman–Crippen LogP) is 4.52. The minimum Gasteiger partial charge on any atom is -0.442 e. The first kappa shape index (κ1) is 18.5. The number of hydrogen-bond donors (Lipinski definition) is 1. The lowest BCUT2D eigenvalue weighted by Crippen LogP contribution is -2.53. The number of amides is 1. The van der Waals surface area contributed by atoms with E-state index in [4.69, 9.17) is 9.84 Å². The fraction of sp³-hybridized carbons (Fsp3) is 0.636. The topological polar surface area (TPSA) is 62.1 Å². The van der Waals surface area contributed by atoms with Crippen molar-refractivity contribution in [2.24, 2.45) is 22.4 Å². The molecule has 3 fully saturated rings. The van der Waals surface area contributed by atoms with Crippen molar-refractivity contribution < 1.29 is 14.6 Å². The van der Waals surface area contributed by atoms with Crippen LogP contribution in [0.2, 0.25) is 0 Å². The molecule has 146 valence electrons. The molecule has 3 aliphatic rings. The summed E-state index contributed by atoms with van der Waals surface area (Å²) in [5, 5.41) is 17.3. The summed E-state index contributed by atoms with van der Waals surface area (Å²) in [5.41, 5.74) is 1.36. The first-order chi connectivity index (χ1) is 12.8. The minimum absolute atomic E-state index is 0.00649. The van der Waals surface area contributed by atoms with E-state index in [1.807, 2.05) is 44.2 Å². The van der Waals surface area contributed by atoms with Crippen molar-refractivity contribution in [1.29, 1.82) is 0 Å². The van der Waals surface area contributed by atoms with Crippen LogP contribution in [0.25, 0.3) is 0 Å². The Bertz CT molecular complexity index is 760. The molecule has 1 saturated heterocycles. The van der Waals surface area contributed by atoms with Crippen LogP contribution in [-0.2, 0) is 4.74 Å². The van der Waals surface area contributed by atoms with Crippen LogP contribution in [-0.4, -0.2) is 33.6 Å². The highest BCUT2D eigenvalue weighted by atomic mass is 16.6. The molecule has 5 heteroatoms. The second-order valence-electron chi connectivity index (χ2n) is 8.89. The van der Waals surface area contributed by atoms with Crippen molar-refractivity contribution in [3.8, 4) is 0 Å². The van der Waals surface area contributed by atoms with Gasteiger partial charge in [-0.15, -0.1) is 0 Å². The van der Waals surface area contributed by atoms with Crippen LogP contribution < -0.4 is 0 Å². The summed E-state index contributed by atoms with van der Waals surface area (Å²) in [4.78, 5) is 12.7. The van der Waals surface area contributed by atoms with E-state index in [0.29, 0.717) is 12.3 Å². The Hall–Kier alpha value is -1.88. The SMILES string of the molecule is CC/C(=N/N1C(=O)O[C@@H]2C[C@H]3CC[C@]21C3(C)C)[C@H](C)[C@H](O)c1ccccc1. The van der Waals surface area contributed by atoms with E-state index in [1.54, 1.807) is 5.01 Å². The van der Waals surface area contributed by atoms with E-state index in [9.17, 15) is 9.90 Å². The van der Waals surface area contributed by atoms with E-state index in [0.717, 1.165) is 30.5 Å². The van der Waals surface area contributed by atoms with E-state index in [2.05, 4.69) is 13.8 Å². The number of hydrazone groups is 1. The molecule has 27 heavy (non-hydrogen) atoms. The van der Waals surface area contributed by atoms with Crippen molar-refractivity contribution in [3.63, 3.8) is 0 Å². The Kier molecular flexibility index (Phi) is 4.34. The summed E-state index contributed by atoms with van der Waals surface area (Å²) in [6.45, 7) is 8.51. The number of nitrogens with zero attached hydrogens (tertiary/aromatic N) is 2. The minimum atomic E-state index is -0.648. The highest BCUT2D eigenvalue weighted by Gasteiger charge is 2.73. The largest absolute Gasteiger partial charge is 0.442 e. The molecule has 2 saturated carbocycles. The van der Waals surface area contributed by atoms with Gasteiger partial charge >= 0.3 is 6.09 Å². The lowest BCUT2D eigenvalue weighted by atomic mass is 9.75. The fourth-order valence-corrected chi connectivity index (χ4v) is 5.73. The van der Waals surface area contributed by atoms with Gasteiger partial charge < -0.3 is 9.84 Å². The molecular weight excluding hydrogens is 340 g/mol. The third-order valence-corrected chi connectivity index (χ3v) is 7.57. The van der Waals surface area contributed by atoms with Crippen molar-refractivity contribution >= 4 is 11.8 Å². The lowest BCUT2D eigenvalue weighted by molar-refractivity contribution is 0.0559. The Labute approximate surface area is 161 Å². The normalized spacial score (nSPS) is 33.7. The van der Waals surface area contributed by atoms with Gasteiger partial charge in [0.25, 0.3) is 0 Å². The molecule has 2 aliphatic carbocycles. The zero-order valence-corrected chi connectivity index (χ0v) is 16.7. The molecule has 1 spiro atoms. The Morgan fingerprint density at radius 1 is 1.37 bits per heavy atom. The monoisotopic (exact) mass is 370 g/mol. The maximum atomic E-state index is 12.7. The maximum Gasteiger partial charge on any atom is 0.431 e. The Morgan fingerprint density at radius 2 is 2.07 bits per heavy atom. The van der Waals surface area contributed by atoms with Crippen molar-refractivity contribution in [3.05, 3.63) is 35.9 Å². The van der Waals surface area contributed by atoms with Gasteiger partial charge in [-0.05, 0) is 42.6 Å². The van der Waals surface area contributed by atoms with Gasteiger partial charge in [0, 0.05) is 11.6 Å². The molecule has 1 N–H and O–H groups in total. The molecule has 1 aromatic rings. The van der Waals surface area contributed by atoms with Crippen LogP contribution in [0.15, 0.2) is 35.4 Å². The molecular formula is C22H30N2O3. The van der Waals surface area contributed by atoms with E-state index in [1.165, 1.54) is 0 Å². The van der Waals surface area contributed by atoms with Gasteiger partial charge in [-0.1, -0.05) is 58.0 Å². The first-order valence-electron chi connectivity index (χ1n) is 10.1. The molecule has 0 aromatic heterocycles. The van der Waals surface area contributed by atoms with Gasteiger partial charge in [-0.3, -0.25) is 0 Å². The van der Waals surface area contributed by atoms with Gasteiger partial charge in [0.15, 0.2) is 0 Å². The number of hydrogen-bond acceptors (Lipinski definition) is 4. The summed E-state index contributed by atoms with van der Waals surface area (Å²) in [6, 6.07) is 9.64. The molecule has 2 bridgehead atoms. The highest BCUT2D eigenvalue weighted by Crippen LogP contribution is 2.66. The van der Waals surface area contributed by atoms with Crippen LogP contribution in [0, 0.1) is 17.3 Å². The van der Waals surface area contributed by atoms with Gasteiger partial charge in [0.1, 0.15) is 11.6 Å². The van der Waals surface area contributed by atoms with E-state index < -0.39 is 6.10 Å². The predicted molar refractivity (Wildman–Crippen MR) is 104 cm³/mol. The number of rotatable bonds is 5. The molecule has 5 atom stereocenters. The quantitative estimate of drug-likeness (QED) is 0.775. The van der Waals surface area contributed by atoms with Crippen LogP contribution in [0.3, 0.4) is 0 Å². The smallest absolute Gasteiger partial charge is 0.431 e. The van der Waals surface area contributed by atoms with Crippen LogP contribution in [0.1, 0.15) is 65.0 Å². The number of fused-ring (bicyclic) bond motifs is 1.